The quantitative estimate of drug-likeness (QED) is 0.135. The van der Waals surface area contributed by atoms with E-state index in [1.807, 2.05) is 0 Å². The number of phenols is 1. The number of amides is 1. The van der Waals surface area contributed by atoms with Crippen LogP contribution >= 0.6 is 0 Å². The minimum absolute atomic E-state index is 0.192. The highest BCUT2D eigenvalue weighted by Crippen LogP contribution is 2.57. The summed E-state index contributed by atoms with van der Waals surface area (Å²) in [5.41, 5.74) is 7.64. The van der Waals surface area contributed by atoms with Crippen molar-refractivity contribution in [2.75, 3.05) is 14.1 Å². The molecule has 1 fully saturated rings. The Kier molecular flexibility index (Phi) is 6.22. The third-order valence-corrected chi connectivity index (χ3v) is 7.54. The number of carbonyl (C=O) groups is 4. The molecule has 0 aromatic heterocycles. The Morgan fingerprint density at radius 3 is 2.37 bits per heavy atom. The molecule has 3 aliphatic carbocycles. The van der Waals surface area contributed by atoms with Crippen LogP contribution in [0.3, 0.4) is 0 Å². The molecule has 0 spiro atoms. The van der Waals surface area contributed by atoms with Crippen LogP contribution in [0.2, 0.25) is 0 Å². The van der Waals surface area contributed by atoms with E-state index in [0.717, 1.165) is 6.92 Å². The molecule has 200 valence electrons. The van der Waals surface area contributed by atoms with E-state index < -0.39 is 87.4 Å². The number of aliphatic hydroxyl groups excluding tert-OH is 2. The topological polar surface area (TPSA) is 238 Å². The second-order valence-corrected chi connectivity index (χ2v) is 9.73. The molecule has 4 rings (SSSR count). The lowest BCUT2D eigenvalue weighted by Gasteiger charge is -2.54. The monoisotopic (exact) mass is 528 g/mol. The normalized spacial score (nSPS) is 30.3. The molecular weight excluding hydrogens is 502 g/mol. The number of nitrogens with two attached hydrogens (primary N) is 1. The van der Waals surface area contributed by atoms with E-state index in [2.05, 4.69) is 10.0 Å². The van der Waals surface area contributed by atoms with Gasteiger partial charge >= 0.3 is 5.97 Å². The fourth-order valence-electron chi connectivity index (χ4n) is 6.04. The number of nitrogens with zero attached hydrogens (tertiary/aromatic N) is 3. The number of primary amides is 1. The van der Waals surface area contributed by atoms with E-state index in [-0.39, 0.29) is 11.3 Å². The summed E-state index contributed by atoms with van der Waals surface area (Å²) in [6.07, 6.45) is -1.47. The van der Waals surface area contributed by atoms with Crippen molar-refractivity contribution in [3.8, 4) is 5.75 Å². The molecule has 1 aromatic carbocycles. The smallest absolute Gasteiger partial charge is 0.302 e. The SMILES string of the molecule is CC(=O)OC1C2C(=C(O)c3c(ccc(N=[N+]=N)c3O)C2C)C(=O)C2(O)C(O)=C(C(N)=O)C(=O)C(N(C)C)C12. The highest BCUT2D eigenvalue weighted by atomic mass is 16.5. The van der Waals surface area contributed by atoms with Crippen LogP contribution in [-0.4, -0.2) is 80.6 Å². The molecule has 0 radical (unpaired) electrons. The number of aromatic hydroxyl groups is 1. The molecule has 0 bridgehead atoms. The van der Waals surface area contributed by atoms with Crippen molar-refractivity contribution in [1.29, 1.82) is 5.53 Å². The van der Waals surface area contributed by atoms with Crippen LogP contribution in [0.15, 0.2) is 34.2 Å². The first-order valence-electron chi connectivity index (χ1n) is 11.5. The summed E-state index contributed by atoms with van der Waals surface area (Å²) in [7, 11) is 2.87. The van der Waals surface area contributed by atoms with E-state index in [0.29, 0.717) is 5.56 Å². The molecule has 1 amide bonds. The Bertz CT molecular complexity index is 1420. The van der Waals surface area contributed by atoms with Crippen molar-refractivity contribution in [2.45, 2.75) is 37.5 Å². The first kappa shape index (κ1) is 26.7. The van der Waals surface area contributed by atoms with Crippen LogP contribution in [0.1, 0.15) is 30.9 Å². The van der Waals surface area contributed by atoms with Crippen LogP contribution in [0.25, 0.3) is 5.76 Å². The summed E-state index contributed by atoms with van der Waals surface area (Å²) in [5.74, 6) is -10.7. The molecule has 1 saturated carbocycles. The van der Waals surface area contributed by atoms with Gasteiger partial charge < -0.3 is 30.9 Å². The van der Waals surface area contributed by atoms with Crippen LogP contribution in [-0.2, 0) is 23.9 Å². The molecule has 6 atom stereocenters. The van der Waals surface area contributed by atoms with Crippen molar-refractivity contribution in [2.24, 2.45) is 22.7 Å². The van der Waals surface area contributed by atoms with E-state index in [1.165, 1.54) is 31.1 Å². The molecular formula is C24H26N5O9+. The number of hydrogen-bond acceptors (Lipinski definition) is 12. The van der Waals surface area contributed by atoms with Crippen LogP contribution in [0, 0.1) is 17.4 Å². The molecule has 0 heterocycles. The number of rotatable bonds is 4. The lowest BCUT2D eigenvalue weighted by atomic mass is 9.54. The van der Waals surface area contributed by atoms with Crippen LogP contribution in [0.4, 0.5) is 5.69 Å². The fourth-order valence-corrected chi connectivity index (χ4v) is 6.04. The number of aliphatic hydroxyl groups is 3. The van der Waals surface area contributed by atoms with Gasteiger partial charge in [0.15, 0.2) is 27.9 Å². The van der Waals surface area contributed by atoms with Crippen LogP contribution in [0.5, 0.6) is 5.75 Å². The zero-order valence-corrected chi connectivity index (χ0v) is 20.8. The van der Waals surface area contributed by atoms with E-state index in [4.69, 9.17) is 16.0 Å². The van der Waals surface area contributed by atoms with Gasteiger partial charge in [0.2, 0.25) is 10.7 Å². The van der Waals surface area contributed by atoms with Gasteiger partial charge in [-0.05, 0) is 31.6 Å². The number of Topliss-reactive ketones (excluding diaryl/α,β-unsaturated/α-hetero) is 2. The summed E-state index contributed by atoms with van der Waals surface area (Å²) >= 11 is 0. The molecule has 7 N–H and O–H groups in total. The largest absolute Gasteiger partial charge is 0.508 e. The van der Waals surface area contributed by atoms with Gasteiger partial charge in [0.1, 0.15) is 28.7 Å². The Hall–Kier alpha value is -4.39. The Morgan fingerprint density at radius 1 is 1.21 bits per heavy atom. The molecule has 6 unspecified atom stereocenters. The van der Waals surface area contributed by atoms with E-state index in [9.17, 15) is 39.6 Å². The Labute approximate surface area is 215 Å². The predicted molar refractivity (Wildman–Crippen MR) is 127 cm³/mol. The maximum Gasteiger partial charge on any atom is 0.302 e. The number of carbonyl (C=O) groups excluding carboxylic acids is 4. The van der Waals surface area contributed by atoms with Gasteiger partial charge in [0.25, 0.3) is 5.91 Å². The van der Waals surface area contributed by atoms with E-state index in [1.54, 1.807) is 6.92 Å². The zero-order chi connectivity index (χ0) is 28.4. The van der Waals surface area contributed by atoms with Gasteiger partial charge in [0.05, 0.1) is 17.5 Å². The van der Waals surface area contributed by atoms with Crippen molar-refractivity contribution in [1.82, 2.24) is 9.81 Å². The molecule has 14 nitrogen and oxygen atoms in total. The lowest BCUT2D eigenvalue weighted by Crippen LogP contribution is -2.71. The summed E-state index contributed by atoms with van der Waals surface area (Å²) in [6, 6.07) is 1.37. The van der Waals surface area contributed by atoms with Gasteiger partial charge in [-0.1, -0.05) is 13.0 Å². The predicted octanol–water partition coefficient (Wildman–Crippen LogP) is 0.248. The summed E-state index contributed by atoms with van der Waals surface area (Å²) in [4.78, 5) is 56.0. The molecule has 0 aliphatic heterocycles. The van der Waals surface area contributed by atoms with Gasteiger partial charge in [-0.25, -0.2) is 0 Å². The molecule has 0 saturated heterocycles. The Morgan fingerprint density at radius 2 is 1.84 bits per heavy atom. The first-order chi connectivity index (χ1) is 17.7. The number of benzene rings is 1. The summed E-state index contributed by atoms with van der Waals surface area (Å²) in [5, 5.41) is 48.5. The zero-order valence-electron chi connectivity index (χ0n) is 20.8. The maximum atomic E-state index is 14.1. The van der Waals surface area contributed by atoms with Crippen molar-refractivity contribution in [3.63, 3.8) is 0 Å². The number of nitrogens with one attached hydrogen (secondary N) is 1. The van der Waals surface area contributed by atoms with Gasteiger partial charge in [0, 0.05) is 18.4 Å². The highest BCUT2D eigenvalue weighted by molar-refractivity contribution is 6.24. The molecule has 14 heteroatoms. The van der Waals surface area contributed by atoms with E-state index >= 15 is 0 Å². The minimum atomic E-state index is -3.02. The molecule has 38 heavy (non-hydrogen) atoms. The number of esters is 1. The Balaban J connectivity index is 2.13. The standard InChI is InChI=1S/C24H25N5O9/c1-7-9-5-6-10(27-28-26)17(31)12(9)18(32)13-11(7)20(38-8(2)30)15-16(29(3)4)19(33)14(23(25)36)22(35)24(15,37)21(13)34/h5-7,11,15-16,20,26,37H,1-4H3,(H4,25,32,33,34,35,36)/p+1. The fraction of sp³-hybridized carbons (Fsp3) is 0.417. The number of likely N-dealkylation sites (N-methyl/N-ethyl adjacent to an activating group) is 1. The second-order valence-electron chi connectivity index (χ2n) is 9.73. The molecule has 1 aromatic rings. The average Bonchev–Trinajstić information content (AvgIpc) is 2.81. The average molecular weight is 528 g/mol. The maximum absolute atomic E-state index is 14.1. The lowest BCUT2D eigenvalue weighted by molar-refractivity contribution is -0.184. The number of ketones is 2. The first-order valence-corrected chi connectivity index (χ1v) is 11.5. The van der Waals surface area contributed by atoms with Gasteiger partial charge in [-0.2, -0.15) is 0 Å². The summed E-state index contributed by atoms with van der Waals surface area (Å²) < 4.78 is 5.60. The van der Waals surface area contributed by atoms with Crippen molar-refractivity contribution >= 4 is 34.9 Å². The van der Waals surface area contributed by atoms with Gasteiger partial charge in [-0.3, -0.25) is 24.1 Å². The van der Waals surface area contributed by atoms with Crippen LogP contribution < -0.4 is 10.6 Å². The summed E-state index contributed by atoms with van der Waals surface area (Å²) in [6.45, 7) is 2.69. The minimum Gasteiger partial charge on any atom is -0.508 e. The third kappa shape index (κ3) is 3.38. The number of fused-ring (bicyclic) bond motifs is 3. The number of ether oxygens (including phenoxy) is 1. The second kappa shape index (κ2) is 8.87. The van der Waals surface area contributed by atoms with Crippen molar-refractivity contribution in [3.05, 3.63) is 40.2 Å². The van der Waals surface area contributed by atoms with Gasteiger partial charge in [-0.15, -0.1) is 0 Å². The molecule has 3 aliphatic rings. The highest BCUT2D eigenvalue weighted by Gasteiger charge is 2.69. The number of phenolic OH excluding ortho intramolecular Hbond substituents is 1. The number of hydrogen-bond donors (Lipinski definition) is 6. The van der Waals surface area contributed by atoms with Crippen molar-refractivity contribution < 1.29 is 44.3 Å². The third-order valence-electron chi connectivity index (χ3n) is 7.54.